The van der Waals surface area contributed by atoms with E-state index in [4.69, 9.17) is 4.74 Å². The molecule has 94 valence electrons. The van der Waals surface area contributed by atoms with Crippen molar-refractivity contribution in [2.24, 2.45) is 5.92 Å². The summed E-state index contributed by atoms with van der Waals surface area (Å²) in [5.74, 6) is 0.671. The average Bonchev–Trinajstić information content (AvgIpc) is 2.73. The Morgan fingerprint density at radius 3 is 2.81 bits per heavy atom. The molecule has 0 saturated carbocycles. The van der Waals surface area contributed by atoms with Gasteiger partial charge in [0.15, 0.2) is 0 Å². The lowest BCUT2D eigenvalue weighted by Gasteiger charge is -2.22. The van der Waals surface area contributed by atoms with Gasteiger partial charge in [0.1, 0.15) is 6.04 Å². The summed E-state index contributed by atoms with van der Waals surface area (Å²) < 4.78 is 5.03. The van der Waals surface area contributed by atoms with Gasteiger partial charge in [0.25, 0.3) is 0 Å². The van der Waals surface area contributed by atoms with Crippen LogP contribution in [0.1, 0.15) is 26.7 Å². The highest BCUT2D eigenvalue weighted by Crippen LogP contribution is 2.18. The van der Waals surface area contributed by atoms with Gasteiger partial charge in [-0.3, -0.25) is 4.79 Å². The van der Waals surface area contributed by atoms with Gasteiger partial charge in [-0.25, -0.2) is 0 Å². The smallest absolute Gasteiger partial charge is 0.324 e. The molecule has 1 aliphatic heterocycles. The summed E-state index contributed by atoms with van der Waals surface area (Å²) in [6.45, 7) is 7.52. The lowest BCUT2D eigenvalue weighted by atomic mass is 10.1. The van der Waals surface area contributed by atoms with Crippen LogP contribution in [0.25, 0.3) is 0 Å². The van der Waals surface area contributed by atoms with Crippen LogP contribution in [0.15, 0.2) is 0 Å². The van der Waals surface area contributed by atoms with Gasteiger partial charge in [-0.05, 0) is 32.9 Å². The number of nitrogens with one attached hydrogen (secondary N) is 1. The lowest BCUT2D eigenvalue weighted by molar-refractivity contribution is -0.146. The van der Waals surface area contributed by atoms with E-state index in [1.807, 2.05) is 14.0 Å². The van der Waals surface area contributed by atoms with E-state index in [-0.39, 0.29) is 12.0 Å². The minimum Gasteiger partial charge on any atom is -0.465 e. The number of esters is 1. The zero-order valence-electron chi connectivity index (χ0n) is 10.7. The lowest BCUT2D eigenvalue weighted by Crippen LogP contribution is -2.44. The Bertz CT molecular complexity index is 221. The van der Waals surface area contributed by atoms with Gasteiger partial charge in [-0.15, -0.1) is 0 Å². The van der Waals surface area contributed by atoms with Gasteiger partial charge >= 0.3 is 5.97 Å². The van der Waals surface area contributed by atoms with Crippen LogP contribution in [0.5, 0.6) is 0 Å². The number of ether oxygens (including phenoxy) is 1. The fourth-order valence-electron chi connectivity index (χ4n) is 2.20. The Balaban J connectivity index is 2.36. The second-order valence-corrected chi connectivity index (χ2v) is 4.42. The van der Waals surface area contributed by atoms with Crippen molar-refractivity contribution in [1.82, 2.24) is 10.2 Å². The van der Waals surface area contributed by atoms with Crippen molar-refractivity contribution in [2.75, 3.05) is 33.3 Å². The van der Waals surface area contributed by atoms with E-state index < -0.39 is 0 Å². The van der Waals surface area contributed by atoms with Crippen LogP contribution in [0.3, 0.4) is 0 Å². The summed E-state index contributed by atoms with van der Waals surface area (Å²) in [7, 11) is 1.81. The molecule has 1 fully saturated rings. The molecule has 0 amide bonds. The fourth-order valence-corrected chi connectivity index (χ4v) is 2.20. The first-order valence-electron chi connectivity index (χ1n) is 6.27. The van der Waals surface area contributed by atoms with Gasteiger partial charge in [0.2, 0.25) is 0 Å². The Morgan fingerprint density at radius 2 is 2.31 bits per heavy atom. The van der Waals surface area contributed by atoms with Crippen molar-refractivity contribution in [3.05, 3.63) is 0 Å². The fraction of sp³-hybridized carbons (Fsp3) is 0.917. The molecule has 4 nitrogen and oxygen atoms in total. The second-order valence-electron chi connectivity index (χ2n) is 4.42. The zero-order chi connectivity index (χ0) is 12.0. The van der Waals surface area contributed by atoms with E-state index in [0.29, 0.717) is 6.61 Å². The van der Waals surface area contributed by atoms with Crippen LogP contribution < -0.4 is 5.32 Å². The molecule has 1 heterocycles. The third kappa shape index (κ3) is 3.76. The summed E-state index contributed by atoms with van der Waals surface area (Å²) in [4.78, 5) is 14.0. The van der Waals surface area contributed by atoms with Gasteiger partial charge in [0.05, 0.1) is 6.61 Å². The highest BCUT2D eigenvalue weighted by atomic mass is 16.5. The third-order valence-electron chi connectivity index (χ3n) is 3.31. The molecule has 1 rings (SSSR count). The standard InChI is InChI=1S/C12H24N2O2/c1-4-10-6-7-14(8-10)9-11(13-3)12(15)16-5-2/h10-11,13H,4-9H2,1-3H3. The Labute approximate surface area is 98.3 Å². The molecular formula is C12H24N2O2. The van der Waals surface area contributed by atoms with Crippen LogP contribution in [0.4, 0.5) is 0 Å². The maximum absolute atomic E-state index is 11.6. The summed E-state index contributed by atoms with van der Waals surface area (Å²) >= 11 is 0. The maximum atomic E-state index is 11.6. The number of likely N-dealkylation sites (tertiary alicyclic amines) is 1. The molecule has 2 unspecified atom stereocenters. The predicted octanol–water partition coefficient (Wildman–Crippen LogP) is 0.869. The number of carbonyl (C=O) groups excluding carboxylic acids is 1. The van der Waals surface area contributed by atoms with Crippen molar-refractivity contribution in [3.8, 4) is 0 Å². The van der Waals surface area contributed by atoms with Crippen LogP contribution in [0, 0.1) is 5.92 Å². The number of hydrogen-bond acceptors (Lipinski definition) is 4. The quantitative estimate of drug-likeness (QED) is 0.685. The summed E-state index contributed by atoms with van der Waals surface area (Å²) in [6, 6.07) is -0.185. The van der Waals surface area contributed by atoms with E-state index in [0.717, 1.165) is 25.6 Å². The molecule has 1 N–H and O–H groups in total. The second kappa shape index (κ2) is 6.86. The molecule has 0 aliphatic carbocycles. The van der Waals surface area contributed by atoms with Crippen molar-refractivity contribution in [2.45, 2.75) is 32.7 Å². The number of likely N-dealkylation sites (N-methyl/N-ethyl adjacent to an activating group) is 1. The minimum atomic E-state index is -0.185. The molecule has 0 aromatic carbocycles. The molecule has 1 saturated heterocycles. The van der Waals surface area contributed by atoms with E-state index in [2.05, 4.69) is 17.1 Å². The van der Waals surface area contributed by atoms with Crippen LogP contribution in [0.2, 0.25) is 0 Å². The minimum absolute atomic E-state index is 0.134. The topological polar surface area (TPSA) is 41.6 Å². The molecule has 0 aromatic heterocycles. The highest BCUT2D eigenvalue weighted by Gasteiger charge is 2.26. The Hall–Kier alpha value is -0.610. The molecular weight excluding hydrogens is 204 g/mol. The van der Waals surface area contributed by atoms with Crippen LogP contribution >= 0.6 is 0 Å². The SMILES string of the molecule is CCOC(=O)C(CN1CCC(CC)C1)NC. The first-order chi connectivity index (χ1) is 7.71. The summed E-state index contributed by atoms with van der Waals surface area (Å²) in [5.41, 5.74) is 0. The van der Waals surface area contributed by atoms with E-state index in [1.165, 1.54) is 12.8 Å². The zero-order valence-corrected chi connectivity index (χ0v) is 10.7. The monoisotopic (exact) mass is 228 g/mol. The Kier molecular flexibility index (Phi) is 5.77. The number of nitrogens with zero attached hydrogens (tertiary/aromatic N) is 1. The molecule has 2 atom stereocenters. The predicted molar refractivity (Wildman–Crippen MR) is 64.3 cm³/mol. The van der Waals surface area contributed by atoms with Gasteiger partial charge in [-0.2, -0.15) is 0 Å². The molecule has 0 aromatic rings. The number of carbonyl (C=O) groups is 1. The molecule has 4 heteroatoms. The van der Waals surface area contributed by atoms with Crippen molar-refractivity contribution >= 4 is 5.97 Å². The normalized spacial score (nSPS) is 23.3. The highest BCUT2D eigenvalue weighted by molar-refractivity contribution is 5.76. The molecule has 0 bridgehead atoms. The van der Waals surface area contributed by atoms with Crippen LogP contribution in [-0.4, -0.2) is 50.2 Å². The molecule has 0 spiro atoms. The largest absolute Gasteiger partial charge is 0.465 e. The number of rotatable bonds is 6. The Morgan fingerprint density at radius 1 is 1.56 bits per heavy atom. The van der Waals surface area contributed by atoms with E-state index in [1.54, 1.807) is 0 Å². The van der Waals surface area contributed by atoms with Gasteiger partial charge in [0, 0.05) is 13.1 Å². The van der Waals surface area contributed by atoms with Crippen LogP contribution in [-0.2, 0) is 9.53 Å². The van der Waals surface area contributed by atoms with Crippen molar-refractivity contribution in [1.29, 1.82) is 0 Å². The molecule has 0 radical (unpaired) electrons. The first-order valence-corrected chi connectivity index (χ1v) is 6.27. The van der Waals surface area contributed by atoms with Gasteiger partial charge in [-0.1, -0.05) is 13.3 Å². The first kappa shape index (κ1) is 13.5. The van der Waals surface area contributed by atoms with Gasteiger partial charge < -0.3 is 15.0 Å². The van der Waals surface area contributed by atoms with Crippen molar-refractivity contribution in [3.63, 3.8) is 0 Å². The summed E-state index contributed by atoms with van der Waals surface area (Å²) in [6.07, 6.45) is 2.50. The molecule has 16 heavy (non-hydrogen) atoms. The number of hydrogen-bond donors (Lipinski definition) is 1. The van der Waals surface area contributed by atoms with Crippen molar-refractivity contribution < 1.29 is 9.53 Å². The van der Waals surface area contributed by atoms with E-state index >= 15 is 0 Å². The summed E-state index contributed by atoms with van der Waals surface area (Å²) in [5, 5.41) is 3.03. The molecule has 1 aliphatic rings. The van der Waals surface area contributed by atoms with E-state index in [9.17, 15) is 4.79 Å². The maximum Gasteiger partial charge on any atom is 0.324 e. The third-order valence-corrected chi connectivity index (χ3v) is 3.31. The average molecular weight is 228 g/mol.